The lowest BCUT2D eigenvalue weighted by atomic mass is 10.2. The third-order valence-electron chi connectivity index (χ3n) is 3.88. The Balaban J connectivity index is 1.68. The summed E-state index contributed by atoms with van der Waals surface area (Å²) >= 11 is 0. The van der Waals surface area contributed by atoms with Gasteiger partial charge in [0, 0.05) is 24.6 Å². The first kappa shape index (κ1) is 15.9. The number of nitrogens with one attached hydrogen (secondary N) is 1. The minimum absolute atomic E-state index is 0.216. The maximum Gasteiger partial charge on any atom is 0.407 e. The Kier molecular flexibility index (Phi) is 4.41. The second kappa shape index (κ2) is 6.65. The van der Waals surface area contributed by atoms with Gasteiger partial charge >= 0.3 is 6.09 Å². The van der Waals surface area contributed by atoms with Gasteiger partial charge in [0.1, 0.15) is 12.4 Å². The van der Waals surface area contributed by atoms with E-state index in [9.17, 15) is 9.59 Å². The Morgan fingerprint density at radius 2 is 2.25 bits per heavy atom. The summed E-state index contributed by atoms with van der Waals surface area (Å²) in [7, 11) is 0. The summed E-state index contributed by atoms with van der Waals surface area (Å²) < 4.78 is 1.68. The molecular formula is C15H18N6O3. The summed E-state index contributed by atoms with van der Waals surface area (Å²) in [6.45, 7) is 2.45. The van der Waals surface area contributed by atoms with Gasteiger partial charge in [-0.2, -0.15) is 0 Å². The summed E-state index contributed by atoms with van der Waals surface area (Å²) in [4.78, 5) is 37.2. The van der Waals surface area contributed by atoms with Gasteiger partial charge in [0.05, 0.1) is 12.2 Å². The number of carbonyl (C=O) groups is 2. The molecule has 9 nitrogen and oxygen atoms in total. The summed E-state index contributed by atoms with van der Waals surface area (Å²) in [5.74, 6) is 0.181. The number of amides is 2. The Morgan fingerprint density at radius 3 is 2.96 bits per heavy atom. The van der Waals surface area contributed by atoms with Gasteiger partial charge in [0.25, 0.3) is 0 Å². The molecule has 2 aromatic heterocycles. The molecule has 1 aliphatic rings. The molecule has 3 heterocycles. The van der Waals surface area contributed by atoms with Gasteiger partial charge in [-0.1, -0.05) is 0 Å². The number of imidazole rings is 1. The van der Waals surface area contributed by atoms with Crippen LogP contribution in [0.1, 0.15) is 24.2 Å². The van der Waals surface area contributed by atoms with Crippen LogP contribution >= 0.6 is 0 Å². The van der Waals surface area contributed by atoms with Crippen molar-refractivity contribution in [2.75, 3.05) is 6.54 Å². The van der Waals surface area contributed by atoms with Crippen LogP contribution in [0.15, 0.2) is 24.8 Å². The topological polar surface area (TPSA) is 113 Å². The highest BCUT2D eigenvalue weighted by atomic mass is 16.4. The zero-order chi connectivity index (χ0) is 17.1. The first-order valence-corrected chi connectivity index (χ1v) is 7.65. The summed E-state index contributed by atoms with van der Waals surface area (Å²) in [6.07, 6.45) is 5.14. The van der Waals surface area contributed by atoms with Crippen LogP contribution in [-0.4, -0.2) is 54.1 Å². The van der Waals surface area contributed by atoms with E-state index in [0.29, 0.717) is 31.0 Å². The van der Waals surface area contributed by atoms with Crippen LogP contribution < -0.4 is 5.32 Å². The molecule has 0 aromatic carbocycles. The first-order chi connectivity index (χ1) is 11.5. The molecule has 0 spiro atoms. The number of carboxylic acid groups (broad SMARTS) is 1. The van der Waals surface area contributed by atoms with E-state index in [1.807, 2.05) is 6.92 Å². The van der Waals surface area contributed by atoms with Gasteiger partial charge in [-0.15, -0.1) is 0 Å². The lowest BCUT2D eigenvalue weighted by Gasteiger charge is -2.20. The lowest BCUT2D eigenvalue weighted by molar-refractivity contribution is -0.125. The van der Waals surface area contributed by atoms with Crippen molar-refractivity contribution in [1.29, 1.82) is 0 Å². The number of nitrogens with zero attached hydrogens (tertiary/aromatic N) is 5. The number of likely N-dealkylation sites (tertiary alicyclic amines) is 1. The molecular weight excluding hydrogens is 312 g/mol. The minimum Gasteiger partial charge on any atom is -0.465 e. The molecule has 0 aliphatic carbocycles. The van der Waals surface area contributed by atoms with Crippen molar-refractivity contribution in [3.63, 3.8) is 0 Å². The van der Waals surface area contributed by atoms with Crippen LogP contribution in [0.5, 0.6) is 0 Å². The molecule has 1 saturated heterocycles. The molecule has 0 bridgehead atoms. The van der Waals surface area contributed by atoms with Gasteiger partial charge in [0.15, 0.2) is 0 Å². The monoisotopic (exact) mass is 330 g/mol. The predicted molar refractivity (Wildman–Crippen MR) is 83.5 cm³/mol. The van der Waals surface area contributed by atoms with E-state index < -0.39 is 12.1 Å². The van der Waals surface area contributed by atoms with Crippen molar-refractivity contribution in [2.45, 2.75) is 32.4 Å². The normalized spacial score (nSPS) is 17.0. The van der Waals surface area contributed by atoms with Crippen molar-refractivity contribution in [3.05, 3.63) is 36.2 Å². The Morgan fingerprint density at radius 1 is 1.42 bits per heavy atom. The Bertz CT molecular complexity index is 746. The predicted octanol–water partition coefficient (Wildman–Crippen LogP) is 0.729. The number of aryl methyl sites for hydroxylation is 1. The van der Waals surface area contributed by atoms with Gasteiger partial charge in [0.2, 0.25) is 11.9 Å². The van der Waals surface area contributed by atoms with Gasteiger partial charge in [-0.25, -0.2) is 19.7 Å². The molecule has 126 valence electrons. The van der Waals surface area contributed by atoms with Crippen molar-refractivity contribution in [1.82, 2.24) is 29.7 Å². The van der Waals surface area contributed by atoms with Crippen molar-refractivity contribution in [3.8, 4) is 5.95 Å². The zero-order valence-electron chi connectivity index (χ0n) is 13.2. The van der Waals surface area contributed by atoms with E-state index in [0.717, 1.165) is 5.69 Å². The van der Waals surface area contributed by atoms with Gasteiger partial charge in [-0.05, 0) is 25.8 Å². The standard InChI is InChI=1S/C15H18N6O3/c1-10-7-11(19-14(18-10)20-6-4-16-9-20)8-17-13(22)12-3-2-5-21(12)15(23)24/h4,6-7,9,12H,2-3,5,8H2,1H3,(H,17,22)(H,23,24). The fraction of sp³-hybridized carbons (Fsp3) is 0.400. The molecule has 24 heavy (non-hydrogen) atoms. The van der Waals surface area contributed by atoms with Crippen LogP contribution in [0.25, 0.3) is 5.95 Å². The Hall–Kier alpha value is -2.97. The number of rotatable bonds is 4. The highest BCUT2D eigenvalue weighted by Crippen LogP contribution is 2.17. The maximum atomic E-state index is 12.3. The van der Waals surface area contributed by atoms with Crippen molar-refractivity contribution >= 4 is 12.0 Å². The molecule has 9 heteroatoms. The SMILES string of the molecule is Cc1cc(CNC(=O)C2CCCN2C(=O)O)nc(-n2ccnc2)n1. The number of hydrogen-bond donors (Lipinski definition) is 2. The fourth-order valence-corrected chi connectivity index (χ4v) is 2.76. The van der Waals surface area contributed by atoms with E-state index in [1.165, 1.54) is 4.90 Å². The van der Waals surface area contributed by atoms with Crippen LogP contribution in [0.3, 0.4) is 0 Å². The zero-order valence-corrected chi connectivity index (χ0v) is 13.2. The van der Waals surface area contributed by atoms with Crippen molar-refractivity contribution < 1.29 is 14.7 Å². The maximum absolute atomic E-state index is 12.3. The summed E-state index contributed by atoms with van der Waals surface area (Å²) in [6, 6.07) is 1.16. The van der Waals surface area contributed by atoms with Crippen LogP contribution in [0.2, 0.25) is 0 Å². The molecule has 0 radical (unpaired) electrons. The molecule has 1 fully saturated rings. The molecule has 2 N–H and O–H groups in total. The number of hydrogen-bond acceptors (Lipinski definition) is 5. The summed E-state index contributed by atoms with van der Waals surface area (Å²) in [5, 5.41) is 11.9. The second-order valence-corrected chi connectivity index (χ2v) is 5.62. The van der Waals surface area contributed by atoms with Crippen LogP contribution in [-0.2, 0) is 11.3 Å². The molecule has 0 saturated carbocycles. The molecule has 1 aliphatic heterocycles. The first-order valence-electron chi connectivity index (χ1n) is 7.65. The Labute approximate surface area is 138 Å². The molecule has 3 rings (SSSR count). The molecule has 2 aromatic rings. The molecule has 2 amide bonds. The van der Waals surface area contributed by atoms with E-state index in [4.69, 9.17) is 5.11 Å². The number of carbonyl (C=O) groups excluding carboxylic acids is 1. The van der Waals surface area contributed by atoms with E-state index >= 15 is 0 Å². The van der Waals surface area contributed by atoms with Crippen molar-refractivity contribution in [2.24, 2.45) is 0 Å². The molecule has 1 atom stereocenters. The highest BCUT2D eigenvalue weighted by Gasteiger charge is 2.33. The number of aromatic nitrogens is 4. The third-order valence-corrected chi connectivity index (χ3v) is 3.88. The quantitative estimate of drug-likeness (QED) is 0.854. The second-order valence-electron chi connectivity index (χ2n) is 5.62. The van der Waals surface area contributed by atoms with E-state index in [-0.39, 0.29) is 12.5 Å². The smallest absolute Gasteiger partial charge is 0.407 e. The largest absolute Gasteiger partial charge is 0.465 e. The molecule has 1 unspecified atom stereocenters. The highest BCUT2D eigenvalue weighted by molar-refractivity contribution is 5.85. The van der Waals surface area contributed by atoms with Gasteiger partial charge in [-0.3, -0.25) is 14.3 Å². The fourth-order valence-electron chi connectivity index (χ4n) is 2.76. The minimum atomic E-state index is -1.06. The average molecular weight is 330 g/mol. The lowest BCUT2D eigenvalue weighted by Crippen LogP contribution is -2.45. The third kappa shape index (κ3) is 3.34. The van der Waals surface area contributed by atoms with Gasteiger partial charge < -0.3 is 10.4 Å². The summed E-state index contributed by atoms with van der Waals surface area (Å²) in [5.41, 5.74) is 1.42. The average Bonchev–Trinajstić information content (AvgIpc) is 3.23. The van der Waals surface area contributed by atoms with Crippen LogP contribution in [0.4, 0.5) is 4.79 Å². The van der Waals surface area contributed by atoms with Crippen LogP contribution in [0, 0.1) is 6.92 Å². The van der Waals surface area contributed by atoms with E-state index in [2.05, 4.69) is 20.3 Å². The van der Waals surface area contributed by atoms with E-state index in [1.54, 1.807) is 29.4 Å².